The third kappa shape index (κ3) is 5.69. The van der Waals surface area contributed by atoms with Gasteiger partial charge in [0, 0.05) is 12.5 Å². The molecule has 1 atom stereocenters. The van der Waals surface area contributed by atoms with Crippen LogP contribution in [0, 0.1) is 12.7 Å². The highest BCUT2D eigenvalue weighted by molar-refractivity contribution is 5.89. The summed E-state index contributed by atoms with van der Waals surface area (Å²) in [6.07, 6.45) is 1.10. The van der Waals surface area contributed by atoms with Crippen LogP contribution in [0.3, 0.4) is 0 Å². The van der Waals surface area contributed by atoms with E-state index >= 15 is 0 Å². The molecule has 1 aromatic carbocycles. The number of carbonyl (C=O) groups excluding carboxylic acids is 1. The molecule has 0 radical (unpaired) electrons. The predicted molar refractivity (Wildman–Crippen MR) is 74.2 cm³/mol. The molecule has 0 aliphatic rings. The molecule has 0 bridgehead atoms. The van der Waals surface area contributed by atoms with E-state index in [-0.39, 0.29) is 18.2 Å². The van der Waals surface area contributed by atoms with Crippen LogP contribution in [0.1, 0.15) is 31.7 Å². The number of hydrogen-bond acceptors (Lipinski definition) is 2. The minimum Gasteiger partial charge on any atom is -0.481 e. The number of carbonyl (C=O) groups is 2. The number of nitrogens with one attached hydrogen (secondary N) is 2. The molecule has 0 spiro atoms. The van der Waals surface area contributed by atoms with Crippen molar-refractivity contribution in [1.29, 1.82) is 0 Å². The van der Waals surface area contributed by atoms with Crippen LogP contribution < -0.4 is 10.6 Å². The van der Waals surface area contributed by atoms with Crippen LogP contribution in [-0.2, 0) is 4.79 Å². The fraction of sp³-hybridized carbons (Fsp3) is 0.429. The Labute approximate surface area is 117 Å². The fourth-order valence-electron chi connectivity index (χ4n) is 1.74. The molecule has 0 aromatic heterocycles. The first-order valence-electron chi connectivity index (χ1n) is 6.44. The van der Waals surface area contributed by atoms with Crippen molar-refractivity contribution in [2.24, 2.45) is 0 Å². The van der Waals surface area contributed by atoms with Gasteiger partial charge in [-0.2, -0.15) is 0 Å². The zero-order valence-electron chi connectivity index (χ0n) is 11.6. The largest absolute Gasteiger partial charge is 0.481 e. The second kappa shape index (κ2) is 7.47. The van der Waals surface area contributed by atoms with Gasteiger partial charge in [-0.05, 0) is 44.4 Å². The number of urea groups is 1. The normalized spacial score (nSPS) is 11.8. The number of carboxylic acids is 1. The number of rotatable bonds is 6. The highest BCUT2D eigenvalue weighted by Gasteiger charge is 2.10. The highest BCUT2D eigenvalue weighted by atomic mass is 19.1. The lowest BCUT2D eigenvalue weighted by Gasteiger charge is -2.14. The maximum Gasteiger partial charge on any atom is 0.319 e. The van der Waals surface area contributed by atoms with Crippen LogP contribution in [0.15, 0.2) is 18.2 Å². The molecule has 1 unspecified atom stereocenters. The molecule has 6 heteroatoms. The summed E-state index contributed by atoms with van der Waals surface area (Å²) in [6.45, 7) is 3.53. The number of carboxylic acid groups (broad SMARTS) is 1. The number of hydrogen-bond donors (Lipinski definition) is 3. The number of aryl methyl sites for hydroxylation is 1. The van der Waals surface area contributed by atoms with Crippen molar-refractivity contribution in [2.45, 2.75) is 39.2 Å². The molecule has 0 aliphatic heterocycles. The molecule has 20 heavy (non-hydrogen) atoms. The molecule has 0 fully saturated rings. The first-order chi connectivity index (χ1) is 9.38. The van der Waals surface area contributed by atoms with Crippen molar-refractivity contribution in [3.05, 3.63) is 29.6 Å². The van der Waals surface area contributed by atoms with Gasteiger partial charge >= 0.3 is 12.0 Å². The van der Waals surface area contributed by atoms with Gasteiger partial charge in [-0.25, -0.2) is 9.18 Å². The van der Waals surface area contributed by atoms with Gasteiger partial charge in [-0.3, -0.25) is 4.79 Å². The quantitative estimate of drug-likeness (QED) is 0.750. The summed E-state index contributed by atoms with van der Waals surface area (Å²) in [5, 5.41) is 13.6. The summed E-state index contributed by atoms with van der Waals surface area (Å²) in [5.41, 5.74) is 0.890. The maximum absolute atomic E-state index is 13.5. The summed E-state index contributed by atoms with van der Waals surface area (Å²) in [4.78, 5) is 22.0. The minimum absolute atomic E-state index is 0.0697. The van der Waals surface area contributed by atoms with E-state index in [0.29, 0.717) is 12.8 Å². The van der Waals surface area contributed by atoms with Crippen LogP contribution >= 0.6 is 0 Å². The van der Waals surface area contributed by atoms with Gasteiger partial charge in [0.05, 0.1) is 5.69 Å². The Morgan fingerprint density at radius 3 is 2.70 bits per heavy atom. The van der Waals surface area contributed by atoms with E-state index in [2.05, 4.69) is 10.6 Å². The van der Waals surface area contributed by atoms with Gasteiger partial charge in [0.2, 0.25) is 0 Å². The van der Waals surface area contributed by atoms with Crippen LogP contribution in [0.2, 0.25) is 0 Å². The molecule has 0 aliphatic carbocycles. The second-order valence-electron chi connectivity index (χ2n) is 4.77. The first-order valence-corrected chi connectivity index (χ1v) is 6.44. The van der Waals surface area contributed by atoms with E-state index in [0.717, 1.165) is 5.56 Å². The van der Waals surface area contributed by atoms with Gasteiger partial charge in [-0.1, -0.05) is 6.07 Å². The molecule has 1 rings (SSSR count). The Hall–Kier alpha value is -2.11. The summed E-state index contributed by atoms with van der Waals surface area (Å²) in [6, 6.07) is 3.86. The van der Waals surface area contributed by atoms with Gasteiger partial charge in [-0.15, -0.1) is 0 Å². The average molecular weight is 282 g/mol. The second-order valence-corrected chi connectivity index (χ2v) is 4.77. The van der Waals surface area contributed by atoms with Crippen molar-refractivity contribution in [3.8, 4) is 0 Å². The Morgan fingerprint density at radius 1 is 1.40 bits per heavy atom. The lowest BCUT2D eigenvalue weighted by atomic mass is 10.1. The molecule has 0 heterocycles. The summed E-state index contributed by atoms with van der Waals surface area (Å²) in [5.74, 6) is -1.35. The summed E-state index contributed by atoms with van der Waals surface area (Å²) >= 11 is 0. The number of aliphatic carboxylic acids is 1. The summed E-state index contributed by atoms with van der Waals surface area (Å²) in [7, 11) is 0. The van der Waals surface area contributed by atoms with Crippen LogP contribution in [-0.4, -0.2) is 23.1 Å². The van der Waals surface area contributed by atoms with E-state index in [1.807, 2.05) is 0 Å². The maximum atomic E-state index is 13.5. The predicted octanol–water partition coefficient (Wildman–Crippen LogP) is 2.90. The Bertz CT molecular complexity index is 491. The monoisotopic (exact) mass is 282 g/mol. The molecule has 5 nitrogen and oxygen atoms in total. The molecule has 1 aromatic rings. The van der Waals surface area contributed by atoms with Crippen molar-refractivity contribution in [3.63, 3.8) is 0 Å². The topological polar surface area (TPSA) is 78.4 Å². The lowest BCUT2D eigenvalue weighted by Crippen LogP contribution is -2.36. The van der Waals surface area contributed by atoms with E-state index in [1.165, 1.54) is 12.1 Å². The van der Waals surface area contributed by atoms with Gasteiger partial charge in [0.1, 0.15) is 5.82 Å². The number of benzene rings is 1. The highest BCUT2D eigenvalue weighted by Crippen LogP contribution is 2.15. The van der Waals surface area contributed by atoms with Crippen molar-refractivity contribution >= 4 is 17.7 Å². The standard InChI is InChI=1S/C14H19FN2O3/c1-9-6-7-12(11(15)8-9)17-14(20)16-10(2)4-3-5-13(18)19/h6-8,10H,3-5H2,1-2H3,(H,18,19)(H2,16,17,20). The fourth-order valence-corrected chi connectivity index (χ4v) is 1.74. The minimum atomic E-state index is -0.858. The van der Waals surface area contributed by atoms with Gasteiger partial charge in [0.25, 0.3) is 0 Å². The Morgan fingerprint density at radius 2 is 2.10 bits per heavy atom. The third-order valence-corrected chi connectivity index (χ3v) is 2.78. The first kappa shape index (κ1) is 15.9. The lowest BCUT2D eigenvalue weighted by molar-refractivity contribution is -0.137. The number of amides is 2. The SMILES string of the molecule is Cc1ccc(NC(=O)NC(C)CCCC(=O)O)c(F)c1. The molecular weight excluding hydrogens is 263 g/mol. The average Bonchev–Trinajstić information content (AvgIpc) is 2.32. The van der Waals surface area contributed by atoms with E-state index in [4.69, 9.17) is 5.11 Å². The zero-order chi connectivity index (χ0) is 15.1. The van der Waals surface area contributed by atoms with Crippen molar-refractivity contribution in [2.75, 3.05) is 5.32 Å². The number of halogens is 1. The molecular formula is C14H19FN2O3. The Kier molecular flexibility index (Phi) is 5.96. The van der Waals surface area contributed by atoms with Crippen molar-refractivity contribution in [1.82, 2.24) is 5.32 Å². The van der Waals surface area contributed by atoms with Crippen LogP contribution in [0.25, 0.3) is 0 Å². The molecule has 2 amide bonds. The van der Waals surface area contributed by atoms with Crippen LogP contribution in [0.5, 0.6) is 0 Å². The Balaban J connectivity index is 2.41. The van der Waals surface area contributed by atoms with E-state index in [1.54, 1.807) is 19.9 Å². The van der Waals surface area contributed by atoms with E-state index < -0.39 is 17.8 Å². The number of anilines is 1. The summed E-state index contributed by atoms with van der Waals surface area (Å²) < 4.78 is 13.5. The third-order valence-electron chi connectivity index (χ3n) is 2.78. The van der Waals surface area contributed by atoms with E-state index in [9.17, 15) is 14.0 Å². The molecule has 110 valence electrons. The molecule has 0 saturated heterocycles. The van der Waals surface area contributed by atoms with Crippen molar-refractivity contribution < 1.29 is 19.1 Å². The zero-order valence-corrected chi connectivity index (χ0v) is 11.6. The van der Waals surface area contributed by atoms with Gasteiger partial charge in [0.15, 0.2) is 0 Å². The molecule has 0 saturated carbocycles. The molecule has 3 N–H and O–H groups in total. The van der Waals surface area contributed by atoms with Crippen LogP contribution in [0.4, 0.5) is 14.9 Å². The smallest absolute Gasteiger partial charge is 0.319 e. The van der Waals surface area contributed by atoms with Gasteiger partial charge < -0.3 is 15.7 Å².